The van der Waals surface area contributed by atoms with Crippen LogP contribution in [0.2, 0.25) is 0 Å². The van der Waals surface area contributed by atoms with Crippen LogP contribution in [0.5, 0.6) is 5.75 Å². The molecule has 1 aromatic carbocycles. The summed E-state index contributed by atoms with van der Waals surface area (Å²) >= 11 is 1.80. The molecule has 1 aromatic heterocycles. The minimum atomic E-state index is -3.30. The summed E-state index contributed by atoms with van der Waals surface area (Å²) in [5.74, 6) is -0.0319. The van der Waals surface area contributed by atoms with Gasteiger partial charge >= 0.3 is 11.7 Å². The molecular weight excluding hydrogens is 360 g/mol. The van der Waals surface area contributed by atoms with Crippen molar-refractivity contribution in [3.8, 4) is 11.4 Å². The van der Waals surface area contributed by atoms with E-state index in [9.17, 15) is 13.6 Å². The standard InChI is InChI=1S/C8H6BF2IN4O2/c9-8(10,11)18-5-3-1-2-4(6(5)12)16-7(17)13-14-15-16/h1-3H,9H2,(H,13,15,17). The zero-order valence-corrected chi connectivity index (χ0v) is 11.2. The van der Waals surface area contributed by atoms with E-state index >= 15 is 0 Å². The molecule has 0 amide bonds. The smallest absolute Gasteiger partial charge is 0.365 e. The minimum absolute atomic E-state index is 0.0319. The molecule has 0 radical (unpaired) electrons. The first kappa shape index (κ1) is 13.0. The zero-order chi connectivity index (χ0) is 13.3. The maximum absolute atomic E-state index is 12.8. The third-order valence-electron chi connectivity index (χ3n) is 1.93. The number of rotatable bonds is 3. The second-order valence-electron chi connectivity index (χ2n) is 3.42. The number of halogens is 3. The Hall–Kier alpha value is -1.46. The van der Waals surface area contributed by atoms with Gasteiger partial charge in [0.1, 0.15) is 5.75 Å². The summed E-state index contributed by atoms with van der Waals surface area (Å²) < 4.78 is 31.4. The summed E-state index contributed by atoms with van der Waals surface area (Å²) in [5.41, 5.74) is -0.246. The van der Waals surface area contributed by atoms with Crippen molar-refractivity contribution >= 4 is 30.4 Å². The van der Waals surface area contributed by atoms with Gasteiger partial charge in [-0.1, -0.05) is 6.07 Å². The first-order valence-electron chi connectivity index (χ1n) is 4.74. The molecule has 1 N–H and O–H groups in total. The van der Waals surface area contributed by atoms with Crippen LogP contribution in [-0.2, 0) is 0 Å². The molecule has 0 atom stereocenters. The number of aromatic nitrogens is 4. The molecule has 10 heteroatoms. The van der Waals surface area contributed by atoms with Gasteiger partial charge in [-0.05, 0) is 45.2 Å². The van der Waals surface area contributed by atoms with Gasteiger partial charge < -0.3 is 4.74 Å². The molecule has 0 saturated carbocycles. The van der Waals surface area contributed by atoms with Crippen LogP contribution in [0.15, 0.2) is 23.0 Å². The number of aromatic amines is 1. The van der Waals surface area contributed by atoms with E-state index in [1.807, 2.05) is 0 Å². The molecule has 0 aliphatic carbocycles. The molecule has 2 aromatic rings. The number of ether oxygens (including phenoxy) is 1. The Labute approximate surface area is 114 Å². The van der Waals surface area contributed by atoms with Gasteiger partial charge in [0.2, 0.25) is 7.85 Å². The third kappa shape index (κ3) is 2.68. The zero-order valence-electron chi connectivity index (χ0n) is 9.02. The van der Waals surface area contributed by atoms with Crippen molar-refractivity contribution in [3.63, 3.8) is 0 Å². The van der Waals surface area contributed by atoms with Gasteiger partial charge in [0, 0.05) is 0 Å². The van der Waals surface area contributed by atoms with Crippen molar-refractivity contribution in [2.24, 2.45) is 0 Å². The van der Waals surface area contributed by atoms with E-state index in [-0.39, 0.29) is 5.75 Å². The summed E-state index contributed by atoms with van der Waals surface area (Å²) in [4.78, 5) is 11.4. The molecule has 0 spiro atoms. The molecule has 18 heavy (non-hydrogen) atoms. The Morgan fingerprint density at radius 3 is 2.78 bits per heavy atom. The predicted molar refractivity (Wildman–Crippen MR) is 68.8 cm³/mol. The Balaban J connectivity index is 2.49. The minimum Gasteiger partial charge on any atom is -0.440 e. The molecule has 0 bridgehead atoms. The number of alkyl halides is 2. The third-order valence-corrected chi connectivity index (χ3v) is 3.02. The van der Waals surface area contributed by atoms with E-state index in [2.05, 4.69) is 20.3 Å². The highest BCUT2D eigenvalue weighted by atomic mass is 127. The van der Waals surface area contributed by atoms with Gasteiger partial charge in [0.05, 0.1) is 9.26 Å². The second-order valence-corrected chi connectivity index (χ2v) is 4.50. The van der Waals surface area contributed by atoms with E-state index < -0.39 is 11.7 Å². The van der Waals surface area contributed by atoms with E-state index in [0.717, 1.165) is 4.68 Å². The van der Waals surface area contributed by atoms with E-state index in [1.165, 1.54) is 12.1 Å². The molecule has 0 aliphatic heterocycles. The second kappa shape index (κ2) is 4.67. The summed E-state index contributed by atoms with van der Waals surface area (Å²) in [6, 6.07) is 1.12. The molecule has 1 heterocycles. The van der Waals surface area contributed by atoms with Crippen LogP contribution in [0.3, 0.4) is 0 Å². The average Bonchev–Trinajstić information content (AvgIpc) is 2.66. The highest BCUT2D eigenvalue weighted by Gasteiger charge is 2.25. The summed E-state index contributed by atoms with van der Waals surface area (Å²) in [6.45, 7) is 0. The van der Waals surface area contributed by atoms with Crippen molar-refractivity contribution in [2.45, 2.75) is 6.01 Å². The van der Waals surface area contributed by atoms with Crippen LogP contribution in [0.4, 0.5) is 8.78 Å². The fourth-order valence-electron chi connectivity index (χ4n) is 1.29. The normalized spacial score (nSPS) is 11.5. The summed E-state index contributed by atoms with van der Waals surface area (Å²) in [5, 5.41) is 8.98. The fourth-order valence-corrected chi connectivity index (χ4v) is 1.99. The largest absolute Gasteiger partial charge is 0.440 e. The maximum atomic E-state index is 12.8. The van der Waals surface area contributed by atoms with Crippen LogP contribution in [-0.4, -0.2) is 34.1 Å². The predicted octanol–water partition coefficient (Wildman–Crippen LogP) is 0.122. The quantitative estimate of drug-likeness (QED) is 0.619. The Morgan fingerprint density at radius 2 is 2.22 bits per heavy atom. The molecular formula is C8H6BF2IN4O2. The molecule has 2 rings (SSSR count). The number of benzene rings is 1. The van der Waals surface area contributed by atoms with Crippen molar-refractivity contribution in [1.82, 2.24) is 20.2 Å². The van der Waals surface area contributed by atoms with Gasteiger partial charge in [-0.3, -0.25) is 0 Å². The van der Waals surface area contributed by atoms with Crippen molar-refractivity contribution in [2.75, 3.05) is 0 Å². The first-order valence-corrected chi connectivity index (χ1v) is 5.82. The number of nitrogens with one attached hydrogen (secondary N) is 1. The van der Waals surface area contributed by atoms with Crippen LogP contribution < -0.4 is 10.4 Å². The van der Waals surface area contributed by atoms with E-state index in [4.69, 9.17) is 0 Å². The maximum Gasteiger partial charge on any atom is 0.365 e. The lowest BCUT2D eigenvalue weighted by Crippen LogP contribution is -2.25. The van der Waals surface area contributed by atoms with Gasteiger partial charge in [-0.2, -0.15) is 13.5 Å². The van der Waals surface area contributed by atoms with Gasteiger partial charge in [0.25, 0.3) is 0 Å². The lowest BCUT2D eigenvalue weighted by Gasteiger charge is -2.16. The summed E-state index contributed by atoms with van der Waals surface area (Å²) in [7, 11) is 0.637. The molecule has 6 nitrogen and oxygen atoms in total. The summed E-state index contributed by atoms with van der Waals surface area (Å²) in [6.07, 6.45) is 0. The van der Waals surface area contributed by atoms with E-state index in [1.54, 1.807) is 28.7 Å². The highest BCUT2D eigenvalue weighted by molar-refractivity contribution is 14.1. The highest BCUT2D eigenvalue weighted by Crippen LogP contribution is 2.29. The number of nitrogens with zero attached hydrogens (tertiary/aromatic N) is 3. The Bertz CT molecular complexity index is 624. The topological polar surface area (TPSA) is 72.8 Å². The SMILES string of the molecule is BC(F)(F)Oc1cccc(-n2nn[nH]c2=O)c1I. The lowest BCUT2D eigenvalue weighted by atomic mass is 10.1. The van der Waals surface area contributed by atoms with Crippen molar-refractivity contribution < 1.29 is 13.5 Å². The van der Waals surface area contributed by atoms with Crippen LogP contribution in [0, 0.1) is 3.57 Å². The average molecular weight is 366 g/mol. The molecule has 0 fully saturated rings. The fraction of sp³-hybridized carbons (Fsp3) is 0.125. The van der Waals surface area contributed by atoms with Crippen molar-refractivity contribution in [1.29, 1.82) is 0 Å². The lowest BCUT2D eigenvalue weighted by molar-refractivity contribution is -0.0977. The monoisotopic (exact) mass is 366 g/mol. The number of H-pyrrole nitrogens is 1. The first-order chi connectivity index (χ1) is 8.38. The van der Waals surface area contributed by atoms with Gasteiger partial charge in [-0.25, -0.2) is 9.89 Å². The molecule has 94 valence electrons. The van der Waals surface area contributed by atoms with Crippen molar-refractivity contribution in [3.05, 3.63) is 32.3 Å². The van der Waals surface area contributed by atoms with Crippen LogP contribution in [0.25, 0.3) is 5.69 Å². The van der Waals surface area contributed by atoms with Gasteiger partial charge in [0.15, 0.2) is 0 Å². The van der Waals surface area contributed by atoms with Crippen LogP contribution >= 0.6 is 22.6 Å². The number of hydrogen-bond acceptors (Lipinski definition) is 4. The van der Waals surface area contributed by atoms with Gasteiger partial charge in [-0.15, -0.1) is 0 Å². The van der Waals surface area contributed by atoms with E-state index in [0.29, 0.717) is 17.1 Å². The number of hydrogen-bond donors (Lipinski definition) is 1. The Kier molecular flexibility index (Phi) is 3.37. The molecule has 0 aliphatic rings. The van der Waals surface area contributed by atoms with Crippen LogP contribution in [0.1, 0.15) is 0 Å². The Morgan fingerprint density at radius 1 is 1.50 bits per heavy atom. The molecule has 0 saturated heterocycles. The molecule has 0 unspecified atom stereocenters. The number of tetrazole rings is 1.